The Morgan fingerprint density at radius 3 is 2.34 bits per heavy atom. The molecule has 0 radical (unpaired) electrons. The van der Waals surface area contributed by atoms with Gasteiger partial charge in [-0.15, -0.1) is 10.2 Å². The SMILES string of the molecule is Cc1nnc(SC(C)C(=O)NC(=O)NC23CC4CC(CC(C4)C2)C3)n1Cc1ccccc1. The molecule has 1 heterocycles. The van der Waals surface area contributed by atoms with Gasteiger partial charge < -0.3 is 9.88 Å². The van der Waals surface area contributed by atoms with Crippen molar-refractivity contribution >= 4 is 23.7 Å². The number of urea groups is 1. The molecule has 1 aromatic heterocycles. The fraction of sp³-hybridized carbons (Fsp3) is 0.583. The second-order valence-corrected chi connectivity index (χ2v) is 11.3. The van der Waals surface area contributed by atoms with Crippen molar-refractivity contribution in [2.45, 2.75) is 74.9 Å². The van der Waals surface area contributed by atoms with E-state index in [1.54, 1.807) is 6.92 Å². The molecule has 0 aliphatic heterocycles. The molecule has 2 N–H and O–H groups in total. The normalized spacial score (nSPS) is 29.0. The number of aryl methyl sites for hydroxylation is 1. The minimum absolute atomic E-state index is 0.109. The van der Waals surface area contributed by atoms with Gasteiger partial charge in [0.05, 0.1) is 11.8 Å². The molecule has 2 aromatic rings. The molecular formula is C24H31N5O2S. The standard InChI is InChI=1S/C24H31N5O2S/c1-15(32-23-28-27-16(2)29(23)14-17-6-4-3-5-7-17)21(30)25-22(31)26-24-11-18-8-19(12-24)10-20(9-18)13-24/h3-7,15,18-20H,8-14H2,1-2H3,(H2,25,26,30,31). The molecule has 32 heavy (non-hydrogen) atoms. The topological polar surface area (TPSA) is 88.9 Å². The molecule has 4 aliphatic carbocycles. The summed E-state index contributed by atoms with van der Waals surface area (Å²) in [7, 11) is 0. The molecule has 4 aliphatic rings. The van der Waals surface area contributed by atoms with Gasteiger partial charge in [-0.05, 0) is 75.7 Å². The highest BCUT2D eigenvalue weighted by Gasteiger charge is 2.51. The van der Waals surface area contributed by atoms with E-state index in [0.717, 1.165) is 48.4 Å². The van der Waals surface area contributed by atoms with Crippen molar-refractivity contribution in [1.29, 1.82) is 0 Å². The molecule has 4 bridgehead atoms. The van der Waals surface area contributed by atoms with E-state index in [4.69, 9.17) is 0 Å². The summed E-state index contributed by atoms with van der Waals surface area (Å²) in [5.41, 5.74) is 1.03. The van der Waals surface area contributed by atoms with Crippen molar-refractivity contribution < 1.29 is 9.59 Å². The Morgan fingerprint density at radius 2 is 1.72 bits per heavy atom. The predicted molar refractivity (Wildman–Crippen MR) is 123 cm³/mol. The average molecular weight is 454 g/mol. The number of carbonyl (C=O) groups is 2. The van der Waals surface area contributed by atoms with Crippen LogP contribution in [-0.4, -0.2) is 37.5 Å². The lowest BCUT2D eigenvalue weighted by atomic mass is 9.53. The minimum atomic E-state index is -0.463. The quantitative estimate of drug-likeness (QED) is 0.648. The molecule has 4 saturated carbocycles. The molecule has 170 valence electrons. The summed E-state index contributed by atoms with van der Waals surface area (Å²) in [4.78, 5) is 25.5. The molecule has 1 unspecified atom stereocenters. The first-order chi connectivity index (χ1) is 15.4. The number of amides is 3. The van der Waals surface area contributed by atoms with Crippen LogP contribution in [0.4, 0.5) is 4.79 Å². The van der Waals surface area contributed by atoms with Crippen LogP contribution >= 0.6 is 11.8 Å². The van der Waals surface area contributed by atoms with Crippen LogP contribution in [0.1, 0.15) is 56.8 Å². The summed E-state index contributed by atoms with van der Waals surface area (Å²) in [5.74, 6) is 2.72. The third-order valence-corrected chi connectivity index (χ3v) is 8.47. The van der Waals surface area contributed by atoms with E-state index in [1.165, 1.54) is 31.0 Å². The Morgan fingerprint density at radius 1 is 1.09 bits per heavy atom. The Kier molecular flexibility index (Phi) is 5.73. The lowest BCUT2D eigenvalue weighted by Crippen LogP contribution is -2.62. The van der Waals surface area contributed by atoms with Crippen LogP contribution in [0.3, 0.4) is 0 Å². The first kappa shape index (κ1) is 21.5. The van der Waals surface area contributed by atoms with Crippen molar-refractivity contribution in [3.8, 4) is 0 Å². The van der Waals surface area contributed by atoms with Crippen molar-refractivity contribution in [1.82, 2.24) is 25.4 Å². The van der Waals surface area contributed by atoms with Crippen molar-refractivity contribution in [3.05, 3.63) is 41.7 Å². The predicted octanol–water partition coefficient (Wildman–Crippen LogP) is 3.91. The Balaban J connectivity index is 1.18. The molecule has 0 saturated heterocycles. The molecule has 4 fully saturated rings. The van der Waals surface area contributed by atoms with Crippen molar-refractivity contribution in [2.24, 2.45) is 17.8 Å². The van der Waals surface area contributed by atoms with Crippen molar-refractivity contribution in [3.63, 3.8) is 0 Å². The molecule has 1 aromatic carbocycles. The number of benzene rings is 1. The van der Waals surface area contributed by atoms with E-state index >= 15 is 0 Å². The number of nitrogens with zero attached hydrogens (tertiary/aromatic N) is 3. The van der Waals surface area contributed by atoms with Gasteiger partial charge in [0.1, 0.15) is 5.82 Å². The van der Waals surface area contributed by atoms with Crippen LogP contribution in [0.15, 0.2) is 35.5 Å². The Hall–Kier alpha value is -2.35. The molecule has 7 nitrogen and oxygen atoms in total. The van der Waals surface area contributed by atoms with Gasteiger partial charge in [-0.1, -0.05) is 42.1 Å². The maximum absolute atomic E-state index is 12.8. The van der Waals surface area contributed by atoms with E-state index in [-0.39, 0.29) is 17.5 Å². The van der Waals surface area contributed by atoms with E-state index in [1.807, 2.05) is 29.7 Å². The Labute approximate surface area is 193 Å². The highest BCUT2D eigenvalue weighted by Crippen LogP contribution is 2.55. The maximum atomic E-state index is 12.8. The Bertz CT molecular complexity index is 970. The molecule has 8 heteroatoms. The number of hydrogen-bond acceptors (Lipinski definition) is 5. The van der Waals surface area contributed by atoms with Gasteiger partial charge in [-0.25, -0.2) is 4.79 Å². The van der Waals surface area contributed by atoms with Gasteiger partial charge in [0.15, 0.2) is 5.16 Å². The molecule has 3 amide bonds. The lowest BCUT2D eigenvalue weighted by molar-refractivity contribution is -0.119. The highest BCUT2D eigenvalue weighted by atomic mass is 32.2. The van der Waals surface area contributed by atoms with Gasteiger partial charge >= 0.3 is 6.03 Å². The van der Waals surface area contributed by atoms with Crippen molar-refractivity contribution in [2.75, 3.05) is 0 Å². The number of imide groups is 1. The third kappa shape index (κ3) is 4.42. The molecule has 6 rings (SSSR count). The van der Waals surface area contributed by atoms with E-state index in [0.29, 0.717) is 11.7 Å². The number of rotatable bonds is 6. The van der Waals surface area contributed by atoms with Gasteiger partial charge in [0, 0.05) is 5.54 Å². The van der Waals surface area contributed by atoms with Crippen LogP contribution in [0.2, 0.25) is 0 Å². The average Bonchev–Trinajstić information content (AvgIpc) is 3.06. The van der Waals surface area contributed by atoms with Gasteiger partial charge in [-0.2, -0.15) is 0 Å². The summed E-state index contributed by atoms with van der Waals surface area (Å²) in [6, 6.07) is 9.74. The monoisotopic (exact) mass is 453 g/mol. The minimum Gasteiger partial charge on any atom is -0.332 e. The van der Waals surface area contributed by atoms with E-state index in [2.05, 4.69) is 33.0 Å². The first-order valence-electron chi connectivity index (χ1n) is 11.6. The van der Waals surface area contributed by atoms with Gasteiger partial charge in [-0.3, -0.25) is 10.1 Å². The third-order valence-electron chi connectivity index (χ3n) is 7.39. The van der Waals surface area contributed by atoms with Crippen LogP contribution in [0, 0.1) is 24.7 Å². The van der Waals surface area contributed by atoms with Crippen LogP contribution < -0.4 is 10.6 Å². The van der Waals surface area contributed by atoms with Crippen LogP contribution in [0.5, 0.6) is 0 Å². The fourth-order valence-electron chi connectivity index (χ4n) is 6.36. The zero-order chi connectivity index (χ0) is 22.3. The number of thioether (sulfide) groups is 1. The summed E-state index contributed by atoms with van der Waals surface area (Å²) in [6.45, 7) is 4.35. The molecule has 1 atom stereocenters. The number of aromatic nitrogens is 3. The first-order valence-corrected chi connectivity index (χ1v) is 12.5. The zero-order valence-corrected chi connectivity index (χ0v) is 19.5. The van der Waals surface area contributed by atoms with Crippen LogP contribution in [-0.2, 0) is 11.3 Å². The zero-order valence-electron chi connectivity index (χ0n) is 18.7. The van der Waals surface area contributed by atoms with Gasteiger partial charge in [0.2, 0.25) is 5.91 Å². The number of carbonyl (C=O) groups excluding carboxylic acids is 2. The number of nitrogens with one attached hydrogen (secondary N) is 2. The lowest BCUT2D eigenvalue weighted by Gasteiger charge is -2.56. The molecule has 0 spiro atoms. The summed E-state index contributed by atoms with van der Waals surface area (Å²) >= 11 is 1.33. The fourth-order valence-corrected chi connectivity index (χ4v) is 7.25. The van der Waals surface area contributed by atoms with Crippen LogP contribution in [0.25, 0.3) is 0 Å². The molecular weight excluding hydrogens is 422 g/mol. The second-order valence-electron chi connectivity index (χ2n) is 10.0. The summed E-state index contributed by atoms with van der Waals surface area (Å²) in [5, 5.41) is 14.5. The maximum Gasteiger partial charge on any atom is 0.321 e. The largest absolute Gasteiger partial charge is 0.332 e. The summed E-state index contributed by atoms with van der Waals surface area (Å²) < 4.78 is 2.00. The smallest absolute Gasteiger partial charge is 0.321 e. The number of hydrogen-bond donors (Lipinski definition) is 2. The summed E-state index contributed by atoms with van der Waals surface area (Å²) in [6.07, 6.45) is 7.14. The highest BCUT2D eigenvalue weighted by molar-refractivity contribution is 8.00. The van der Waals surface area contributed by atoms with Gasteiger partial charge in [0.25, 0.3) is 0 Å². The van der Waals surface area contributed by atoms with E-state index < -0.39 is 5.25 Å². The second kappa shape index (κ2) is 8.54. The van der Waals surface area contributed by atoms with E-state index in [9.17, 15) is 9.59 Å².